The SMILES string of the molecule is CCCCCC1CCC(c2cc(F)c(C(F)(F)OC3CCC(c4ccc(-c5ccc(Cl)c(F)c5)c(F)c4)CC3)c(F)c2)CC1. The molecule has 0 saturated heterocycles. The minimum atomic E-state index is -4.12. The largest absolute Gasteiger partial charge is 0.389 e. The van der Waals surface area contributed by atoms with Gasteiger partial charge in [-0.25, -0.2) is 17.6 Å². The fourth-order valence-corrected chi connectivity index (χ4v) is 7.16. The molecule has 238 valence electrons. The zero-order chi connectivity index (χ0) is 31.4. The Hall–Kier alpha value is -2.51. The van der Waals surface area contributed by atoms with Crippen molar-refractivity contribution in [3.63, 3.8) is 0 Å². The van der Waals surface area contributed by atoms with Crippen LogP contribution < -0.4 is 0 Å². The predicted octanol–water partition coefficient (Wildman–Crippen LogP) is 12.2. The van der Waals surface area contributed by atoms with Gasteiger partial charge in [0, 0.05) is 5.56 Å². The number of benzene rings is 3. The zero-order valence-electron chi connectivity index (χ0n) is 25.0. The van der Waals surface area contributed by atoms with Crippen LogP contribution in [0, 0.1) is 29.2 Å². The Morgan fingerprint density at radius 2 is 1.32 bits per heavy atom. The molecule has 3 aromatic carbocycles. The Morgan fingerprint density at radius 3 is 1.93 bits per heavy atom. The first-order valence-corrected chi connectivity index (χ1v) is 16.2. The smallest absolute Gasteiger partial charge is 0.313 e. The zero-order valence-corrected chi connectivity index (χ0v) is 25.7. The lowest BCUT2D eigenvalue weighted by Crippen LogP contribution is -2.31. The third kappa shape index (κ3) is 7.64. The van der Waals surface area contributed by atoms with E-state index in [9.17, 15) is 8.78 Å². The van der Waals surface area contributed by atoms with Gasteiger partial charge in [0.2, 0.25) is 0 Å². The second-order valence-corrected chi connectivity index (χ2v) is 13.0. The predicted molar refractivity (Wildman–Crippen MR) is 162 cm³/mol. The molecule has 5 rings (SSSR count). The lowest BCUT2D eigenvalue weighted by atomic mass is 9.77. The van der Waals surface area contributed by atoms with Gasteiger partial charge in [0.15, 0.2) is 0 Å². The number of hydrogen-bond acceptors (Lipinski definition) is 1. The summed E-state index contributed by atoms with van der Waals surface area (Å²) in [5.74, 6) is -3.23. The molecule has 2 aliphatic carbocycles. The Labute approximate surface area is 261 Å². The molecular weight excluding hydrogens is 598 g/mol. The molecule has 0 aromatic heterocycles. The highest BCUT2D eigenvalue weighted by Gasteiger charge is 2.43. The summed E-state index contributed by atoms with van der Waals surface area (Å²) in [6, 6.07) is 10.9. The molecule has 2 saturated carbocycles. The lowest BCUT2D eigenvalue weighted by Gasteiger charge is -2.32. The highest BCUT2D eigenvalue weighted by Crippen LogP contribution is 2.43. The van der Waals surface area contributed by atoms with Gasteiger partial charge in [-0.2, -0.15) is 8.78 Å². The first-order chi connectivity index (χ1) is 21.1. The molecule has 0 unspecified atom stereocenters. The van der Waals surface area contributed by atoms with Crippen molar-refractivity contribution < 1.29 is 31.1 Å². The molecule has 0 atom stereocenters. The van der Waals surface area contributed by atoms with E-state index in [1.165, 1.54) is 49.9 Å². The van der Waals surface area contributed by atoms with Gasteiger partial charge in [-0.1, -0.05) is 62.4 Å². The van der Waals surface area contributed by atoms with E-state index in [1.807, 2.05) is 0 Å². The molecule has 2 fully saturated rings. The normalized spacial score (nSPS) is 22.7. The first kappa shape index (κ1) is 32.9. The average molecular weight is 637 g/mol. The third-order valence-corrected chi connectivity index (χ3v) is 9.88. The van der Waals surface area contributed by atoms with Gasteiger partial charge in [-0.05, 0) is 116 Å². The number of rotatable bonds is 10. The van der Waals surface area contributed by atoms with Crippen molar-refractivity contribution in [2.45, 2.75) is 108 Å². The summed E-state index contributed by atoms with van der Waals surface area (Å²) in [4.78, 5) is 0. The van der Waals surface area contributed by atoms with E-state index in [4.69, 9.17) is 16.3 Å². The van der Waals surface area contributed by atoms with Crippen LogP contribution in [0.15, 0.2) is 48.5 Å². The van der Waals surface area contributed by atoms with E-state index >= 15 is 17.6 Å². The number of alkyl halides is 2. The summed E-state index contributed by atoms with van der Waals surface area (Å²) >= 11 is 5.73. The summed E-state index contributed by atoms with van der Waals surface area (Å²) < 4.78 is 94.3. The maximum Gasteiger partial charge on any atom is 0.389 e. The quantitative estimate of drug-likeness (QED) is 0.159. The van der Waals surface area contributed by atoms with Crippen LogP contribution in [0.1, 0.15) is 112 Å². The Kier molecular flexibility index (Phi) is 10.7. The summed E-state index contributed by atoms with van der Waals surface area (Å²) in [5, 5.41) is -0.0524. The fraction of sp³-hybridized carbons (Fsp3) is 0.500. The van der Waals surface area contributed by atoms with Gasteiger partial charge in [-0.3, -0.25) is 0 Å². The van der Waals surface area contributed by atoms with Crippen LogP contribution >= 0.6 is 11.6 Å². The molecule has 0 amide bonds. The van der Waals surface area contributed by atoms with E-state index in [-0.39, 0.29) is 35.3 Å². The van der Waals surface area contributed by atoms with E-state index < -0.39 is 41.0 Å². The van der Waals surface area contributed by atoms with Gasteiger partial charge >= 0.3 is 6.11 Å². The summed E-state index contributed by atoms with van der Waals surface area (Å²) in [7, 11) is 0. The molecule has 44 heavy (non-hydrogen) atoms. The van der Waals surface area contributed by atoms with Gasteiger partial charge in [0.25, 0.3) is 0 Å². The van der Waals surface area contributed by atoms with Crippen molar-refractivity contribution in [3.05, 3.63) is 93.5 Å². The van der Waals surface area contributed by atoms with Crippen LogP contribution in [0.3, 0.4) is 0 Å². The van der Waals surface area contributed by atoms with Crippen molar-refractivity contribution in [1.29, 1.82) is 0 Å². The molecule has 0 spiro atoms. The minimum Gasteiger partial charge on any atom is -0.313 e. The maximum absolute atomic E-state index is 15.2. The van der Waals surface area contributed by atoms with Crippen molar-refractivity contribution in [2.75, 3.05) is 0 Å². The maximum atomic E-state index is 15.2. The molecule has 0 bridgehead atoms. The van der Waals surface area contributed by atoms with Crippen molar-refractivity contribution >= 4 is 11.6 Å². The summed E-state index contributed by atoms with van der Waals surface area (Å²) in [6.45, 7) is 2.17. The van der Waals surface area contributed by atoms with Crippen LogP contribution in [-0.2, 0) is 10.8 Å². The number of halogens is 7. The molecule has 3 aromatic rings. The monoisotopic (exact) mass is 636 g/mol. The van der Waals surface area contributed by atoms with Crippen molar-refractivity contribution in [3.8, 4) is 11.1 Å². The third-order valence-electron chi connectivity index (χ3n) is 9.57. The lowest BCUT2D eigenvalue weighted by molar-refractivity contribution is -0.280. The summed E-state index contributed by atoms with van der Waals surface area (Å²) in [6.07, 6.45) is 4.65. The molecular formula is C36H39ClF6O. The molecule has 0 aliphatic heterocycles. The van der Waals surface area contributed by atoms with E-state index in [2.05, 4.69) is 6.92 Å². The van der Waals surface area contributed by atoms with Gasteiger partial charge in [0.05, 0.1) is 11.1 Å². The van der Waals surface area contributed by atoms with Crippen LogP contribution in [0.5, 0.6) is 0 Å². The standard InChI is InChI=1S/C36H39ClF6O/c1-2-3-4-5-22-6-8-24(9-7-22)27-20-33(40)35(34(41)21-27)36(42,43)44-28-14-10-23(11-15-28)25-12-16-29(31(38)18-25)26-13-17-30(37)32(39)19-26/h12-13,16-24,28H,2-11,14-15H2,1H3. The molecule has 1 nitrogen and oxygen atoms in total. The van der Waals surface area contributed by atoms with E-state index in [0.717, 1.165) is 37.8 Å². The van der Waals surface area contributed by atoms with Gasteiger partial charge < -0.3 is 4.74 Å². The van der Waals surface area contributed by atoms with Gasteiger partial charge in [0.1, 0.15) is 28.8 Å². The minimum absolute atomic E-state index is 0.0356. The van der Waals surface area contributed by atoms with Crippen LogP contribution in [0.2, 0.25) is 5.02 Å². The second kappa shape index (κ2) is 14.3. The van der Waals surface area contributed by atoms with E-state index in [0.29, 0.717) is 35.4 Å². The Morgan fingerprint density at radius 1 is 0.705 bits per heavy atom. The van der Waals surface area contributed by atoms with Crippen molar-refractivity contribution in [1.82, 2.24) is 0 Å². The van der Waals surface area contributed by atoms with Gasteiger partial charge in [-0.15, -0.1) is 0 Å². The summed E-state index contributed by atoms with van der Waals surface area (Å²) in [5.41, 5.74) is 0.382. The highest BCUT2D eigenvalue weighted by molar-refractivity contribution is 6.30. The Balaban J connectivity index is 1.18. The molecule has 0 radical (unpaired) electrons. The Bertz CT molecular complexity index is 1400. The van der Waals surface area contributed by atoms with Crippen LogP contribution in [0.25, 0.3) is 11.1 Å². The molecule has 2 aliphatic rings. The van der Waals surface area contributed by atoms with Crippen LogP contribution in [0.4, 0.5) is 26.3 Å². The number of unbranched alkanes of at least 4 members (excludes halogenated alkanes) is 2. The first-order valence-electron chi connectivity index (χ1n) is 15.9. The average Bonchev–Trinajstić information content (AvgIpc) is 2.99. The highest BCUT2D eigenvalue weighted by atomic mass is 35.5. The topological polar surface area (TPSA) is 9.23 Å². The molecule has 0 N–H and O–H groups in total. The van der Waals surface area contributed by atoms with Crippen LogP contribution in [-0.4, -0.2) is 6.10 Å². The second-order valence-electron chi connectivity index (χ2n) is 12.5. The molecule has 0 heterocycles. The fourth-order valence-electron chi connectivity index (χ4n) is 7.04. The number of ether oxygens (including phenoxy) is 1. The number of hydrogen-bond donors (Lipinski definition) is 0. The van der Waals surface area contributed by atoms with Crippen molar-refractivity contribution in [2.24, 2.45) is 5.92 Å². The van der Waals surface area contributed by atoms with E-state index in [1.54, 1.807) is 12.1 Å². The molecule has 8 heteroatoms.